The Labute approximate surface area is 80.6 Å². The van der Waals surface area contributed by atoms with Crippen molar-refractivity contribution < 1.29 is 9.90 Å². The normalized spacial score (nSPS) is 18.6. The maximum absolute atomic E-state index is 11.1. The van der Waals surface area contributed by atoms with Gasteiger partial charge in [-0.3, -0.25) is 9.59 Å². The van der Waals surface area contributed by atoms with E-state index in [1.165, 1.54) is 12.3 Å². The number of carboxylic acids is 1. The summed E-state index contributed by atoms with van der Waals surface area (Å²) in [7, 11) is 0. The predicted octanol–water partition coefficient (Wildman–Crippen LogP) is 0.881. The van der Waals surface area contributed by atoms with E-state index >= 15 is 0 Å². The molecule has 4 nitrogen and oxygen atoms in total. The van der Waals surface area contributed by atoms with Gasteiger partial charge in [0.25, 0.3) is 0 Å². The van der Waals surface area contributed by atoms with Crippen LogP contribution in [0.25, 0.3) is 0 Å². The van der Waals surface area contributed by atoms with Gasteiger partial charge in [-0.25, -0.2) is 0 Å². The molecule has 0 aromatic carbocycles. The maximum Gasteiger partial charge on any atom is 0.314 e. The van der Waals surface area contributed by atoms with Crippen molar-refractivity contribution in [3.8, 4) is 0 Å². The SMILES string of the molecule is O=C(O)C1(c2ccc(=O)[nH]c2)CCC1. The van der Waals surface area contributed by atoms with Gasteiger partial charge >= 0.3 is 5.97 Å². The first-order chi connectivity index (χ1) is 6.65. The van der Waals surface area contributed by atoms with E-state index in [1.807, 2.05) is 0 Å². The Balaban J connectivity index is 2.42. The molecule has 1 aromatic heterocycles. The Morgan fingerprint density at radius 1 is 1.43 bits per heavy atom. The number of pyridine rings is 1. The minimum Gasteiger partial charge on any atom is -0.481 e. The second-order valence-corrected chi connectivity index (χ2v) is 3.68. The number of hydrogen-bond acceptors (Lipinski definition) is 2. The summed E-state index contributed by atoms with van der Waals surface area (Å²) in [6, 6.07) is 2.98. The summed E-state index contributed by atoms with van der Waals surface area (Å²) in [4.78, 5) is 24.4. The molecule has 4 heteroatoms. The number of hydrogen-bond donors (Lipinski definition) is 2. The second kappa shape index (κ2) is 2.97. The fraction of sp³-hybridized carbons (Fsp3) is 0.400. The summed E-state index contributed by atoms with van der Waals surface area (Å²) in [6.07, 6.45) is 3.77. The van der Waals surface area contributed by atoms with Gasteiger partial charge in [0.2, 0.25) is 5.56 Å². The molecule has 1 aliphatic rings. The van der Waals surface area contributed by atoms with Gasteiger partial charge in [-0.05, 0) is 18.4 Å². The highest BCUT2D eigenvalue weighted by atomic mass is 16.4. The standard InChI is InChI=1S/C10H11NO3/c12-8-3-2-7(6-11-8)10(9(13)14)4-1-5-10/h2-3,6H,1,4-5H2,(H,11,12)(H,13,14). The molecule has 2 rings (SSSR count). The molecule has 0 saturated heterocycles. The Kier molecular flexibility index (Phi) is 1.91. The van der Waals surface area contributed by atoms with Crippen molar-refractivity contribution in [2.24, 2.45) is 0 Å². The van der Waals surface area contributed by atoms with E-state index in [0.29, 0.717) is 18.4 Å². The van der Waals surface area contributed by atoms with Gasteiger partial charge in [0.1, 0.15) is 0 Å². The molecule has 1 aromatic rings. The fourth-order valence-electron chi connectivity index (χ4n) is 1.86. The number of nitrogens with one attached hydrogen (secondary N) is 1. The first-order valence-corrected chi connectivity index (χ1v) is 4.58. The highest BCUT2D eigenvalue weighted by Crippen LogP contribution is 2.43. The molecule has 0 atom stereocenters. The van der Waals surface area contributed by atoms with Crippen molar-refractivity contribution in [2.45, 2.75) is 24.7 Å². The largest absolute Gasteiger partial charge is 0.481 e. The summed E-state index contributed by atoms with van der Waals surface area (Å²) in [5.41, 5.74) is -0.242. The molecule has 0 bridgehead atoms. The minimum atomic E-state index is -0.796. The molecule has 1 aliphatic carbocycles. The predicted molar refractivity (Wildman–Crippen MR) is 50.2 cm³/mol. The van der Waals surface area contributed by atoms with Crippen LogP contribution in [0.5, 0.6) is 0 Å². The van der Waals surface area contributed by atoms with E-state index < -0.39 is 11.4 Å². The van der Waals surface area contributed by atoms with Gasteiger partial charge in [-0.2, -0.15) is 0 Å². The smallest absolute Gasteiger partial charge is 0.314 e. The number of aromatic amines is 1. The summed E-state index contributed by atoms with van der Waals surface area (Å²) in [5.74, 6) is -0.796. The van der Waals surface area contributed by atoms with E-state index in [0.717, 1.165) is 6.42 Å². The van der Waals surface area contributed by atoms with Crippen LogP contribution < -0.4 is 5.56 Å². The zero-order chi connectivity index (χ0) is 10.2. The zero-order valence-electron chi connectivity index (χ0n) is 7.62. The highest BCUT2D eigenvalue weighted by molar-refractivity contribution is 5.82. The zero-order valence-corrected chi connectivity index (χ0v) is 7.62. The fourth-order valence-corrected chi connectivity index (χ4v) is 1.86. The lowest BCUT2D eigenvalue weighted by Gasteiger charge is -2.37. The Hall–Kier alpha value is -1.58. The van der Waals surface area contributed by atoms with E-state index in [1.54, 1.807) is 6.07 Å². The molecule has 0 aliphatic heterocycles. The number of H-pyrrole nitrogens is 1. The van der Waals surface area contributed by atoms with Gasteiger partial charge < -0.3 is 10.1 Å². The van der Waals surface area contributed by atoms with Crippen LogP contribution in [0.4, 0.5) is 0 Å². The van der Waals surface area contributed by atoms with Crippen LogP contribution in [0.1, 0.15) is 24.8 Å². The van der Waals surface area contributed by atoms with Gasteiger partial charge in [-0.1, -0.05) is 12.5 Å². The van der Waals surface area contributed by atoms with Gasteiger partial charge in [0.15, 0.2) is 0 Å². The molecule has 74 valence electrons. The summed E-state index contributed by atoms with van der Waals surface area (Å²) >= 11 is 0. The van der Waals surface area contributed by atoms with Crippen molar-refractivity contribution in [1.29, 1.82) is 0 Å². The van der Waals surface area contributed by atoms with Crippen molar-refractivity contribution in [3.05, 3.63) is 34.2 Å². The molecule has 0 amide bonds. The van der Waals surface area contributed by atoms with E-state index in [2.05, 4.69) is 4.98 Å². The molecule has 1 fully saturated rings. The van der Waals surface area contributed by atoms with Crippen LogP contribution in [0.3, 0.4) is 0 Å². The average Bonchev–Trinajstić information content (AvgIpc) is 2.05. The Morgan fingerprint density at radius 3 is 2.50 bits per heavy atom. The lowest BCUT2D eigenvalue weighted by atomic mass is 9.65. The average molecular weight is 193 g/mol. The third kappa shape index (κ3) is 1.14. The maximum atomic E-state index is 11.1. The Morgan fingerprint density at radius 2 is 2.14 bits per heavy atom. The number of aromatic nitrogens is 1. The molecule has 1 saturated carbocycles. The lowest BCUT2D eigenvalue weighted by Crippen LogP contribution is -2.42. The first kappa shape index (κ1) is 8.99. The third-order valence-corrected chi connectivity index (χ3v) is 2.95. The van der Waals surface area contributed by atoms with Crippen LogP contribution in [0, 0.1) is 0 Å². The van der Waals surface area contributed by atoms with Crippen molar-refractivity contribution >= 4 is 5.97 Å². The van der Waals surface area contributed by atoms with E-state index in [4.69, 9.17) is 5.11 Å². The minimum absolute atomic E-state index is 0.200. The molecule has 14 heavy (non-hydrogen) atoms. The molecule has 2 N–H and O–H groups in total. The van der Waals surface area contributed by atoms with E-state index in [-0.39, 0.29) is 5.56 Å². The number of rotatable bonds is 2. The first-order valence-electron chi connectivity index (χ1n) is 4.58. The summed E-state index contributed by atoms with van der Waals surface area (Å²) < 4.78 is 0. The Bertz CT molecular complexity index is 397. The molecule has 0 unspecified atom stereocenters. The quantitative estimate of drug-likeness (QED) is 0.732. The molecule has 0 spiro atoms. The van der Waals surface area contributed by atoms with Crippen LogP contribution >= 0.6 is 0 Å². The number of aliphatic carboxylic acids is 1. The highest BCUT2D eigenvalue weighted by Gasteiger charge is 2.45. The van der Waals surface area contributed by atoms with Crippen LogP contribution in [0.2, 0.25) is 0 Å². The molecule has 1 heterocycles. The summed E-state index contributed by atoms with van der Waals surface area (Å²) in [6.45, 7) is 0. The topological polar surface area (TPSA) is 70.2 Å². The van der Waals surface area contributed by atoms with Crippen molar-refractivity contribution in [2.75, 3.05) is 0 Å². The monoisotopic (exact) mass is 193 g/mol. The van der Waals surface area contributed by atoms with Gasteiger partial charge in [0, 0.05) is 12.3 Å². The van der Waals surface area contributed by atoms with Gasteiger partial charge in [0.05, 0.1) is 5.41 Å². The van der Waals surface area contributed by atoms with Crippen molar-refractivity contribution in [1.82, 2.24) is 4.98 Å². The van der Waals surface area contributed by atoms with Crippen LogP contribution in [-0.2, 0) is 10.2 Å². The third-order valence-electron chi connectivity index (χ3n) is 2.95. The number of carboxylic acid groups (broad SMARTS) is 1. The summed E-state index contributed by atoms with van der Waals surface area (Å²) in [5, 5.41) is 9.11. The van der Waals surface area contributed by atoms with Gasteiger partial charge in [-0.15, -0.1) is 0 Å². The molecular weight excluding hydrogens is 182 g/mol. The lowest BCUT2D eigenvalue weighted by molar-refractivity contribution is -0.147. The van der Waals surface area contributed by atoms with Crippen LogP contribution in [-0.4, -0.2) is 16.1 Å². The molecule has 0 radical (unpaired) electrons. The van der Waals surface area contributed by atoms with Crippen molar-refractivity contribution in [3.63, 3.8) is 0 Å². The molecular formula is C10H11NO3. The second-order valence-electron chi connectivity index (χ2n) is 3.68. The number of carbonyl (C=O) groups is 1. The van der Waals surface area contributed by atoms with Crippen LogP contribution in [0.15, 0.2) is 23.1 Å². The van der Waals surface area contributed by atoms with E-state index in [9.17, 15) is 9.59 Å².